The van der Waals surface area contributed by atoms with E-state index in [0.29, 0.717) is 65.8 Å². The Labute approximate surface area is 290 Å². The van der Waals surface area contributed by atoms with Crippen molar-refractivity contribution in [3.8, 4) is 5.75 Å². The number of carbonyl (C=O) groups excluding carboxylic acids is 2. The molecule has 1 atom stereocenters. The molecule has 0 saturated carbocycles. The number of benzene rings is 2. The second-order valence-electron chi connectivity index (χ2n) is 14.2. The number of halogens is 2. The van der Waals surface area contributed by atoms with E-state index in [-0.39, 0.29) is 29.4 Å². The van der Waals surface area contributed by atoms with Gasteiger partial charge >= 0.3 is 0 Å². The second kappa shape index (κ2) is 15.4. The maximum Gasteiger partial charge on any atom is 0.261 e. The molecular weight excluding hydrogens is 646 g/mol. The molecule has 50 heavy (non-hydrogen) atoms. The van der Waals surface area contributed by atoms with Crippen LogP contribution >= 0.6 is 0 Å². The highest BCUT2D eigenvalue weighted by Gasteiger charge is 2.30. The van der Waals surface area contributed by atoms with Crippen LogP contribution in [-0.4, -0.2) is 84.8 Å². The summed E-state index contributed by atoms with van der Waals surface area (Å²) in [6, 6.07) is 7.82. The summed E-state index contributed by atoms with van der Waals surface area (Å²) in [4.78, 5) is 48.2. The van der Waals surface area contributed by atoms with Gasteiger partial charge in [0.25, 0.3) is 5.56 Å². The fraction of sp³-hybridized carbons (Fsp3) is 0.568. The SMILES string of the molecule is O=C1CC[C@H](Nc2ccc(N3CCC(N4CCC(COc5cc(F)c6c(=O)[nH]c(CCC7CCOCC7)nc6c5)CC4)CC3)c(F)c2)C(=O)N1. The van der Waals surface area contributed by atoms with Gasteiger partial charge < -0.3 is 29.6 Å². The second-order valence-corrected chi connectivity index (χ2v) is 14.2. The first kappa shape index (κ1) is 34.4. The summed E-state index contributed by atoms with van der Waals surface area (Å²) in [5, 5.41) is 5.33. The highest BCUT2D eigenvalue weighted by atomic mass is 19.1. The molecule has 3 aromatic rings. The molecule has 0 unspecified atom stereocenters. The maximum absolute atomic E-state index is 15.2. The van der Waals surface area contributed by atoms with E-state index in [1.807, 2.05) is 0 Å². The van der Waals surface area contributed by atoms with Crippen LogP contribution in [-0.2, 0) is 20.7 Å². The third-order valence-corrected chi connectivity index (χ3v) is 10.9. The minimum Gasteiger partial charge on any atom is -0.493 e. The molecule has 4 aliphatic heterocycles. The van der Waals surface area contributed by atoms with Crippen molar-refractivity contribution < 1.29 is 27.8 Å². The summed E-state index contributed by atoms with van der Waals surface area (Å²) in [5.41, 5.74) is 0.948. The molecule has 2 amide bonds. The fourth-order valence-corrected chi connectivity index (χ4v) is 7.88. The molecule has 13 heteroatoms. The van der Waals surface area contributed by atoms with Crippen molar-refractivity contribution in [1.29, 1.82) is 0 Å². The lowest BCUT2D eigenvalue weighted by atomic mass is 9.94. The Balaban J connectivity index is 0.868. The number of imide groups is 1. The Hall–Kier alpha value is -4.10. The van der Waals surface area contributed by atoms with Crippen molar-refractivity contribution in [3.63, 3.8) is 0 Å². The number of rotatable bonds is 10. The monoisotopic (exact) mass is 692 g/mol. The zero-order valence-corrected chi connectivity index (χ0v) is 28.4. The number of hydrogen-bond donors (Lipinski definition) is 3. The molecular formula is C37H46F2N6O5. The largest absolute Gasteiger partial charge is 0.493 e. The van der Waals surface area contributed by atoms with E-state index in [1.54, 1.807) is 18.2 Å². The summed E-state index contributed by atoms with van der Waals surface area (Å²) in [7, 11) is 0. The van der Waals surface area contributed by atoms with Crippen molar-refractivity contribution in [2.24, 2.45) is 11.8 Å². The van der Waals surface area contributed by atoms with Crippen LogP contribution in [0, 0.1) is 23.5 Å². The van der Waals surface area contributed by atoms with Gasteiger partial charge in [-0.1, -0.05) is 0 Å². The number of aromatic amines is 1. The fourth-order valence-electron chi connectivity index (χ4n) is 7.88. The standard InChI is InChI=1S/C37H46F2N6O5/c38-28-19-25(40-30-3-6-34(46)43-36(30)47)2-4-32(28)45-15-9-26(10-16-45)44-13-7-24(8-14-44)22-50-27-20-29(39)35-31(21-27)41-33(42-37(35)48)5-1-23-11-17-49-18-12-23/h2,4,19-21,23-24,26,30,40H,1,3,5-18,22H2,(H,41,42,48)(H,43,46,47)/t30-/m0/s1. The summed E-state index contributed by atoms with van der Waals surface area (Å²) < 4.78 is 41.7. The van der Waals surface area contributed by atoms with E-state index < -0.39 is 17.4 Å². The molecule has 1 aromatic heterocycles. The van der Waals surface area contributed by atoms with Gasteiger partial charge in [0.1, 0.15) is 34.6 Å². The Kier molecular flexibility index (Phi) is 10.6. The van der Waals surface area contributed by atoms with E-state index in [4.69, 9.17) is 9.47 Å². The molecule has 11 nitrogen and oxygen atoms in total. The lowest BCUT2D eigenvalue weighted by Gasteiger charge is -2.42. The maximum atomic E-state index is 15.2. The van der Waals surface area contributed by atoms with Gasteiger partial charge in [-0.05, 0) is 94.5 Å². The van der Waals surface area contributed by atoms with Gasteiger partial charge in [0.05, 0.1) is 17.8 Å². The molecule has 268 valence electrons. The van der Waals surface area contributed by atoms with E-state index in [2.05, 4.69) is 30.4 Å². The minimum atomic E-state index is -0.622. The van der Waals surface area contributed by atoms with Gasteiger partial charge in [0.2, 0.25) is 11.8 Å². The summed E-state index contributed by atoms with van der Waals surface area (Å²) in [5.74, 6) is 0.235. The number of piperidine rings is 3. The minimum absolute atomic E-state index is 0.0342. The van der Waals surface area contributed by atoms with Crippen LogP contribution in [0.15, 0.2) is 35.1 Å². The molecule has 3 N–H and O–H groups in total. The molecule has 4 saturated heterocycles. The molecule has 2 aromatic carbocycles. The number of amides is 2. The van der Waals surface area contributed by atoms with Gasteiger partial charge in [-0.25, -0.2) is 13.8 Å². The average Bonchev–Trinajstić information content (AvgIpc) is 3.12. The normalized spacial score (nSPS) is 21.8. The van der Waals surface area contributed by atoms with Crippen molar-refractivity contribution >= 4 is 34.1 Å². The topological polar surface area (TPSA) is 129 Å². The number of ether oxygens (including phenoxy) is 2. The van der Waals surface area contributed by atoms with Crippen LogP contribution in [0.3, 0.4) is 0 Å². The van der Waals surface area contributed by atoms with Crippen LogP contribution in [0.1, 0.15) is 63.6 Å². The molecule has 0 spiro atoms. The lowest BCUT2D eigenvalue weighted by Crippen LogP contribution is -2.48. The number of fused-ring (bicyclic) bond motifs is 1. The van der Waals surface area contributed by atoms with Gasteiger partial charge in [0.15, 0.2) is 0 Å². The number of anilines is 2. The number of carbonyl (C=O) groups is 2. The lowest BCUT2D eigenvalue weighted by molar-refractivity contribution is -0.133. The molecule has 4 fully saturated rings. The zero-order chi connectivity index (χ0) is 34.6. The average molecular weight is 693 g/mol. The first-order valence-electron chi connectivity index (χ1n) is 18.1. The highest BCUT2D eigenvalue weighted by molar-refractivity contribution is 6.01. The molecule has 0 radical (unpaired) electrons. The molecule has 7 rings (SSSR count). The first-order chi connectivity index (χ1) is 24.3. The zero-order valence-electron chi connectivity index (χ0n) is 28.4. The quantitative estimate of drug-likeness (QED) is 0.263. The summed E-state index contributed by atoms with van der Waals surface area (Å²) >= 11 is 0. The Morgan fingerprint density at radius 2 is 1.68 bits per heavy atom. The number of aryl methyl sites for hydroxylation is 1. The highest BCUT2D eigenvalue weighted by Crippen LogP contribution is 2.30. The first-order valence-corrected chi connectivity index (χ1v) is 18.1. The van der Waals surface area contributed by atoms with Crippen LogP contribution in [0.25, 0.3) is 10.9 Å². The number of H-pyrrole nitrogens is 1. The van der Waals surface area contributed by atoms with Crippen LogP contribution in [0.5, 0.6) is 5.75 Å². The van der Waals surface area contributed by atoms with Crippen molar-refractivity contribution in [2.45, 2.75) is 76.3 Å². The molecule has 4 aliphatic rings. The van der Waals surface area contributed by atoms with Gasteiger partial charge in [-0.3, -0.25) is 19.7 Å². The predicted octanol–water partition coefficient (Wildman–Crippen LogP) is 4.54. The predicted molar refractivity (Wildman–Crippen MR) is 185 cm³/mol. The third kappa shape index (κ3) is 8.10. The Bertz CT molecular complexity index is 1750. The molecule has 5 heterocycles. The van der Waals surface area contributed by atoms with Crippen molar-refractivity contribution in [1.82, 2.24) is 20.2 Å². The molecule has 0 bridgehead atoms. The van der Waals surface area contributed by atoms with Gasteiger partial charge in [-0.2, -0.15) is 0 Å². The number of nitrogens with zero attached hydrogens (tertiary/aromatic N) is 3. The Morgan fingerprint density at radius 1 is 0.900 bits per heavy atom. The Morgan fingerprint density at radius 3 is 2.42 bits per heavy atom. The van der Waals surface area contributed by atoms with Crippen LogP contribution < -0.4 is 25.8 Å². The van der Waals surface area contributed by atoms with Crippen molar-refractivity contribution in [3.05, 3.63) is 58.1 Å². The summed E-state index contributed by atoms with van der Waals surface area (Å²) in [6.45, 7) is 5.43. The third-order valence-electron chi connectivity index (χ3n) is 10.9. The number of aromatic nitrogens is 2. The van der Waals surface area contributed by atoms with Crippen molar-refractivity contribution in [2.75, 3.05) is 56.2 Å². The smallest absolute Gasteiger partial charge is 0.261 e. The van der Waals surface area contributed by atoms with Crippen LogP contribution in [0.2, 0.25) is 0 Å². The number of likely N-dealkylation sites (tertiary alicyclic amines) is 1. The van der Waals surface area contributed by atoms with Gasteiger partial charge in [0, 0.05) is 63.0 Å². The number of hydrogen-bond acceptors (Lipinski definition) is 9. The van der Waals surface area contributed by atoms with E-state index in [0.717, 1.165) is 84.3 Å². The molecule has 0 aliphatic carbocycles. The number of nitrogens with one attached hydrogen (secondary N) is 3. The van der Waals surface area contributed by atoms with Crippen LogP contribution in [0.4, 0.5) is 20.2 Å². The van der Waals surface area contributed by atoms with E-state index >= 15 is 8.78 Å². The summed E-state index contributed by atoms with van der Waals surface area (Å²) in [6.07, 6.45) is 8.04. The van der Waals surface area contributed by atoms with E-state index in [1.165, 1.54) is 12.1 Å². The van der Waals surface area contributed by atoms with E-state index in [9.17, 15) is 14.4 Å². The van der Waals surface area contributed by atoms with Gasteiger partial charge in [-0.15, -0.1) is 0 Å².